The first-order valence-electron chi connectivity index (χ1n) is 8.45. The van der Waals surface area contributed by atoms with E-state index in [-0.39, 0.29) is 5.91 Å². The fourth-order valence-electron chi connectivity index (χ4n) is 2.00. The van der Waals surface area contributed by atoms with Crippen molar-refractivity contribution in [1.29, 1.82) is 0 Å². The van der Waals surface area contributed by atoms with Gasteiger partial charge in [-0.25, -0.2) is 4.79 Å². The smallest absolute Gasteiger partial charge is 0.331 e. The molecule has 0 aliphatic rings. The number of rotatable bonds is 9. The van der Waals surface area contributed by atoms with E-state index in [0.717, 1.165) is 0 Å². The number of halogens is 1. The second-order valence-electron chi connectivity index (χ2n) is 6.02. The summed E-state index contributed by atoms with van der Waals surface area (Å²) in [6.45, 7) is 8.32. The lowest BCUT2D eigenvalue weighted by molar-refractivity contribution is -0.150. The molecular weight excluding hydrogens is 358 g/mol. The highest BCUT2D eigenvalue weighted by molar-refractivity contribution is 6.32. The van der Waals surface area contributed by atoms with Gasteiger partial charge >= 0.3 is 5.97 Å². The van der Waals surface area contributed by atoms with E-state index in [1.807, 2.05) is 20.8 Å². The predicted molar refractivity (Wildman–Crippen MR) is 102 cm³/mol. The van der Waals surface area contributed by atoms with Crippen LogP contribution in [0.25, 0.3) is 6.08 Å². The van der Waals surface area contributed by atoms with E-state index in [0.29, 0.717) is 41.2 Å². The highest BCUT2D eigenvalue weighted by Gasteiger charge is 2.16. The molecular formula is C19H26ClNO5. The number of carbonyl (C=O) groups is 2. The summed E-state index contributed by atoms with van der Waals surface area (Å²) in [6, 6.07) is 3.34. The molecule has 1 aromatic carbocycles. The van der Waals surface area contributed by atoms with Gasteiger partial charge in [-0.2, -0.15) is 0 Å². The number of amides is 1. The number of benzene rings is 1. The Hall–Kier alpha value is -2.21. The van der Waals surface area contributed by atoms with Gasteiger partial charge in [0.1, 0.15) is 0 Å². The van der Waals surface area contributed by atoms with Crippen LogP contribution < -0.4 is 14.8 Å². The number of methoxy groups -OCH3 is 1. The molecule has 1 amide bonds. The third kappa shape index (κ3) is 6.96. The highest BCUT2D eigenvalue weighted by atomic mass is 35.5. The van der Waals surface area contributed by atoms with Crippen molar-refractivity contribution in [3.63, 3.8) is 0 Å². The molecule has 0 unspecified atom stereocenters. The molecule has 0 fully saturated rings. The number of hydrogen-bond acceptors (Lipinski definition) is 5. The molecule has 1 rings (SSSR count). The third-order valence-corrected chi connectivity index (χ3v) is 3.58. The van der Waals surface area contributed by atoms with Crippen LogP contribution in [0, 0.1) is 5.92 Å². The Balaban J connectivity index is 2.73. The number of carbonyl (C=O) groups excluding carboxylic acids is 2. The molecule has 0 heterocycles. The highest BCUT2D eigenvalue weighted by Crippen LogP contribution is 2.36. The Morgan fingerprint density at radius 3 is 2.54 bits per heavy atom. The second-order valence-corrected chi connectivity index (χ2v) is 6.43. The van der Waals surface area contributed by atoms with E-state index in [9.17, 15) is 9.59 Å². The Bertz CT molecular complexity index is 658. The summed E-state index contributed by atoms with van der Waals surface area (Å²) in [6.07, 6.45) is 1.90. The molecule has 0 bridgehead atoms. The van der Waals surface area contributed by atoms with Crippen molar-refractivity contribution in [3.8, 4) is 11.5 Å². The van der Waals surface area contributed by atoms with Gasteiger partial charge < -0.3 is 19.5 Å². The van der Waals surface area contributed by atoms with Crippen LogP contribution in [0.3, 0.4) is 0 Å². The molecule has 0 saturated carbocycles. The molecule has 0 spiro atoms. The Morgan fingerprint density at radius 2 is 1.96 bits per heavy atom. The van der Waals surface area contributed by atoms with Gasteiger partial charge in [-0.05, 0) is 43.5 Å². The molecule has 26 heavy (non-hydrogen) atoms. The lowest BCUT2D eigenvalue weighted by Crippen LogP contribution is -2.37. The summed E-state index contributed by atoms with van der Waals surface area (Å²) in [4.78, 5) is 23.7. The van der Waals surface area contributed by atoms with E-state index < -0.39 is 12.1 Å². The maximum absolute atomic E-state index is 11.9. The summed E-state index contributed by atoms with van der Waals surface area (Å²) >= 11 is 6.19. The topological polar surface area (TPSA) is 73.9 Å². The van der Waals surface area contributed by atoms with Crippen LogP contribution in [0.4, 0.5) is 0 Å². The van der Waals surface area contributed by atoms with Gasteiger partial charge in [-0.15, -0.1) is 0 Å². The molecule has 0 aromatic heterocycles. The number of hydrogen-bond donors (Lipinski definition) is 1. The van der Waals surface area contributed by atoms with E-state index in [2.05, 4.69) is 5.32 Å². The summed E-state index contributed by atoms with van der Waals surface area (Å²) in [5.41, 5.74) is 0.643. The van der Waals surface area contributed by atoms with Crippen molar-refractivity contribution >= 4 is 29.6 Å². The van der Waals surface area contributed by atoms with E-state index in [1.54, 1.807) is 12.1 Å². The molecule has 0 aliphatic carbocycles. The Kier molecular flexibility index (Phi) is 8.99. The van der Waals surface area contributed by atoms with Gasteiger partial charge in [-0.1, -0.05) is 25.4 Å². The fraction of sp³-hybridized carbons (Fsp3) is 0.474. The van der Waals surface area contributed by atoms with Crippen LogP contribution >= 0.6 is 11.6 Å². The van der Waals surface area contributed by atoms with Crippen LogP contribution in [-0.2, 0) is 14.3 Å². The quantitative estimate of drug-likeness (QED) is 0.522. The first-order chi connectivity index (χ1) is 12.3. The average Bonchev–Trinajstić information content (AvgIpc) is 2.59. The van der Waals surface area contributed by atoms with Gasteiger partial charge in [0.2, 0.25) is 0 Å². The molecule has 0 saturated heterocycles. The zero-order valence-corrected chi connectivity index (χ0v) is 16.6. The molecule has 6 nitrogen and oxygen atoms in total. The van der Waals surface area contributed by atoms with Crippen LogP contribution in [-0.4, -0.2) is 38.2 Å². The number of esters is 1. The van der Waals surface area contributed by atoms with Gasteiger partial charge in [0.05, 0.1) is 18.7 Å². The van der Waals surface area contributed by atoms with Gasteiger partial charge in [-0.3, -0.25) is 4.79 Å². The van der Waals surface area contributed by atoms with E-state index >= 15 is 0 Å². The maximum Gasteiger partial charge on any atom is 0.331 e. The fourth-order valence-corrected chi connectivity index (χ4v) is 2.27. The molecule has 0 radical (unpaired) electrons. The summed E-state index contributed by atoms with van der Waals surface area (Å²) in [5, 5.41) is 3.09. The normalized spacial score (nSPS) is 12.1. The SMILES string of the molecule is CCOc1c(Cl)cc(/C=C/C(=O)O[C@@H](C)C(=O)NCC(C)C)cc1OC. The van der Waals surface area contributed by atoms with Crippen molar-refractivity contribution in [3.05, 3.63) is 28.8 Å². The van der Waals surface area contributed by atoms with Crippen molar-refractivity contribution in [2.45, 2.75) is 33.8 Å². The summed E-state index contributed by atoms with van der Waals surface area (Å²) in [5.74, 6) is 0.286. The van der Waals surface area contributed by atoms with Gasteiger partial charge in [0.15, 0.2) is 17.6 Å². The zero-order chi connectivity index (χ0) is 19.7. The minimum Gasteiger partial charge on any atom is -0.493 e. The molecule has 0 aliphatic heterocycles. The molecule has 1 aromatic rings. The Labute approximate surface area is 159 Å². The monoisotopic (exact) mass is 383 g/mol. The number of ether oxygens (including phenoxy) is 3. The predicted octanol–water partition coefficient (Wildman–Crippen LogP) is 3.46. The minimum atomic E-state index is -0.871. The van der Waals surface area contributed by atoms with Crippen LogP contribution in [0.2, 0.25) is 5.02 Å². The van der Waals surface area contributed by atoms with Gasteiger partial charge in [0, 0.05) is 12.6 Å². The first-order valence-corrected chi connectivity index (χ1v) is 8.83. The van der Waals surface area contributed by atoms with E-state index in [4.69, 9.17) is 25.8 Å². The molecule has 1 N–H and O–H groups in total. The van der Waals surface area contributed by atoms with Crippen LogP contribution in [0.5, 0.6) is 11.5 Å². The average molecular weight is 384 g/mol. The lowest BCUT2D eigenvalue weighted by Gasteiger charge is -2.13. The van der Waals surface area contributed by atoms with Crippen molar-refractivity contribution < 1.29 is 23.8 Å². The third-order valence-electron chi connectivity index (χ3n) is 3.30. The minimum absolute atomic E-state index is 0.320. The van der Waals surface area contributed by atoms with Crippen LogP contribution in [0.1, 0.15) is 33.3 Å². The zero-order valence-electron chi connectivity index (χ0n) is 15.8. The van der Waals surface area contributed by atoms with Gasteiger partial charge in [0.25, 0.3) is 5.91 Å². The van der Waals surface area contributed by atoms with Crippen LogP contribution in [0.15, 0.2) is 18.2 Å². The summed E-state index contributed by atoms with van der Waals surface area (Å²) in [7, 11) is 1.51. The van der Waals surface area contributed by atoms with Crippen molar-refractivity contribution in [2.75, 3.05) is 20.3 Å². The van der Waals surface area contributed by atoms with Crippen molar-refractivity contribution in [1.82, 2.24) is 5.32 Å². The first kappa shape index (κ1) is 21.8. The second kappa shape index (κ2) is 10.7. The maximum atomic E-state index is 11.9. The molecule has 144 valence electrons. The Morgan fingerprint density at radius 1 is 1.27 bits per heavy atom. The lowest BCUT2D eigenvalue weighted by atomic mass is 10.2. The number of nitrogens with one attached hydrogen (secondary N) is 1. The largest absolute Gasteiger partial charge is 0.493 e. The molecule has 1 atom stereocenters. The van der Waals surface area contributed by atoms with E-state index in [1.165, 1.54) is 26.2 Å². The van der Waals surface area contributed by atoms with Crippen molar-refractivity contribution in [2.24, 2.45) is 5.92 Å². The summed E-state index contributed by atoms with van der Waals surface area (Å²) < 4.78 is 15.8. The standard InChI is InChI=1S/C19H26ClNO5/c1-6-25-18-15(20)9-14(10-16(18)24-5)7-8-17(22)26-13(4)19(23)21-11-12(2)3/h7-10,12-13H,6,11H2,1-5H3,(H,21,23)/b8-7+/t13-/m0/s1. The molecule has 7 heteroatoms.